The second-order valence-electron chi connectivity index (χ2n) is 4.80. The summed E-state index contributed by atoms with van der Waals surface area (Å²) in [7, 11) is 1.54. The molecule has 0 saturated carbocycles. The van der Waals surface area contributed by atoms with E-state index in [1.807, 2.05) is 27.7 Å². The van der Waals surface area contributed by atoms with Crippen molar-refractivity contribution in [3.63, 3.8) is 0 Å². The number of carbonyl (C=O) groups excluding carboxylic acids is 1. The van der Waals surface area contributed by atoms with Gasteiger partial charge in [0, 0.05) is 0 Å². The monoisotopic (exact) mass is 266 g/mol. The van der Waals surface area contributed by atoms with E-state index >= 15 is 0 Å². The average molecular weight is 266 g/mol. The summed E-state index contributed by atoms with van der Waals surface area (Å²) in [5, 5.41) is 0. The average Bonchev–Trinajstić information content (AvgIpc) is 2.39. The Labute approximate surface area is 114 Å². The highest BCUT2D eigenvalue weighted by Crippen LogP contribution is 2.29. The molecule has 19 heavy (non-hydrogen) atoms. The molecule has 0 amide bonds. The lowest BCUT2D eigenvalue weighted by Crippen LogP contribution is -2.27. The summed E-state index contributed by atoms with van der Waals surface area (Å²) in [6, 6.07) is 5.04. The third-order valence-corrected chi connectivity index (χ3v) is 2.92. The maximum Gasteiger partial charge on any atom is 0.338 e. The number of benzene rings is 1. The van der Waals surface area contributed by atoms with E-state index in [1.54, 1.807) is 25.3 Å². The third-order valence-electron chi connectivity index (χ3n) is 2.92. The highest BCUT2D eigenvalue weighted by Gasteiger charge is 2.22. The van der Waals surface area contributed by atoms with Gasteiger partial charge in [-0.15, -0.1) is 0 Å². The fraction of sp³-hybridized carbons (Fsp3) is 0.533. The van der Waals surface area contributed by atoms with E-state index in [2.05, 4.69) is 0 Å². The molecule has 0 heterocycles. The highest BCUT2D eigenvalue weighted by molar-refractivity contribution is 5.90. The van der Waals surface area contributed by atoms with Gasteiger partial charge in [-0.2, -0.15) is 0 Å². The van der Waals surface area contributed by atoms with Crippen molar-refractivity contribution in [1.82, 2.24) is 0 Å². The van der Waals surface area contributed by atoms with Gasteiger partial charge in [0.15, 0.2) is 11.5 Å². The van der Waals surface area contributed by atoms with Crippen LogP contribution in [0.2, 0.25) is 0 Å². The summed E-state index contributed by atoms with van der Waals surface area (Å²) in [6.07, 6.45) is 0.757. The summed E-state index contributed by atoms with van der Waals surface area (Å²) in [4.78, 5) is 12.0. The number of hydrogen-bond acceptors (Lipinski definition) is 4. The molecular weight excluding hydrogens is 244 g/mol. The van der Waals surface area contributed by atoms with Crippen molar-refractivity contribution in [2.45, 2.75) is 39.7 Å². The van der Waals surface area contributed by atoms with Gasteiger partial charge >= 0.3 is 5.97 Å². The van der Waals surface area contributed by atoms with Crippen LogP contribution in [0.15, 0.2) is 18.2 Å². The SMILES string of the molecule is CCOc1ccc(C(=O)OC(C)(C)CC)cc1OC. The highest BCUT2D eigenvalue weighted by atomic mass is 16.6. The van der Waals surface area contributed by atoms with Gasteiger partial charge in [-0.05, 0) is 45.4 Å². The second kappa shape index (κ2) is 6.45. The molecule has 4 nitrogen and oxygen atoms in total. The normalized spacial score (nSPS) is 11.0. The standard InChI is InChI=1S/C15H22O4/c1-6-15(3,4)19-14(16)11-8-9-12(18-7-2)13(10-11)17-5/h8-10H,6-7H2,1-5H3. The maximum absolute atomic E-state index is 12.0. The Morgan fingerprint density at radius 1 is 1.21 bits per heavy atom. The zero-order valence-corrected chi connectivity index (χ0v) is 12.3. The Bertz CT molecular complexity index is 438. The molecule has 1 rings (SSSR count). The van der Waals surface area contributed by atoms with Crippen molar-refractivity contribution in [2.24, 2.45) is 0 Å². The zero-order chi connectivity index (χ0) is 14.5. The minimum atomic E-state index is -0.469. The topological polar surface area (TPSA) is 44.8 Å². The van der Waals surface area contributed by atoms with Crippen LogP contribution < -0.4 is 9.47 Å². The lowest BCUT2D eigenvalue weighted by molar-refractivity contribution is -0.00246. The van der Waals surface area contributed by atoms with Gasteiger partial charge in [0.25, 0.3) is 0 Å². The minimum Gasteiger partial charge on any atom is -0.493 e. The summed E-state index contributed by atoms with van der Waals surface area (Å²) >= 11 is 0. The number of rotatable bonds is 6. The smallest absolute Gasteiger partial charge is 0.338 e. The van der Waals surface area contributed by atoms with Crippen molar-refractivity contribution in [3.8, 4) is 11.5 Å². The van der Waals surface area contributed by atoms with Crippen LogP contribution >= 0.6 is 0 Å². The summed E-state index contributed by atoms with van der Waals surface area (Å²) in [6.45, 7) is 8.19. The second-order valence-corrected chi connectivity index (χ2v) is 4.80. The molecule has 1 aromatic carbocycles. The first-order valence-electron chi connectivity index (χ1n) is 6.47. The Morgan fingerprint density at radius 3 is 2.42 bits per heavy atom. The number of esters is 1. The van der Waals surface area contributed by atoms with Crippen LogP contribution in [0.3, 0.4) is 0 Å². The molecule has 0 bridgehead atoms. The van der Waals surface area contributed by atoms with Crippen LogP contribution in [-0.2, 0) is 4.74 Å². The van der Waals surface area contributed by atoms with E-state index in [0.717, 1.165) is 6.42 Å². The van der Waals surface area contributed by atoms with Crippen molar-refractivity contribution >= 4 is 5.97 Å². The maximum atomic E-state index is 12.0. The summed E-state index contributed by atoms with van der Waals surface area (Å²) in [5.41, 5.74) is -0.00931. The van der Waals surface area contributed by atoms with Gasteiger partial charge in [-0.25, -0.2) is 4.79 Å². The lowest BCUT2D eigenvalue weighted by Gasteiger charge is -2.23. The largest absolute Gasteiger partial charge is 0.493 e. The first-order chi connectivity index (χ1) is 8.93. The van der Waals surface area contributed by atoms with Crippen molar-refractivity contribution in [1.29, 1.82) is 0 Å². The number of carbonyl (C=O) groups is 1. The molecule has 106 valence electrons. The Balaban J connectivity index is 2.93. The molecule has 0 aliphatic rings. The minimum absolute atomic E-state index is 0.354. The summed E-state index contributed by atoms with van der Waals surface area (Å²) in [5.74, 6) is 0.801. The van der Waals surface area contributed by atoms with E-state index in [4.69, 9.17) is 14.2 Å². The molecular formula is C15H22O4. The van der Waals surface area contributed by atoms with Gasteiger partial charge in [0.2, 0.25) is 0 Å². The third kappa shape index (κ3) is 4.16. The molecule has 0 fully saturated rings. The molecule has 0 aliphatic heterocycles. The van der Waals surface area contributed by atoms with E-state index in [0.29, 0.717) is 23.7 Å². The number of methoxy groups -OCH3 is 1. The molecule has 0 radical (unpaired) electrons. The first-order valence-corrected chi connectivity index (χ1v) is 6.47. The van der Waals surface area contributed by atoms with Crippen LogP contribution in [0.25, 0.3) is 0 Å². The molecule has 0 aliphatic carbocycles. The molecule has 4 heteroatoms. The fourth-order valence-electron chi connectivity index (χ4n) is 1.45. The Morgan fingerprint density at radius 2 is 1.89 bits per heavy atom. The van der Waals surface area contributed by atoms with Crippen molar-refractivity contribution in [3.05, 3.63) is 23.8 Å². The van der Waals surface area contributed by atoms with Gasteiger partial charge in [0.05, 0.1) is 19.3 Å². The number of hydrogen-bond donors (Lipinski definition) is 0. The predicted molar refractivity (Wildman–Crippen MR) is 73.9 cm³/mol. The van der Waals surface area contributed by atoms with E-state index in [-0.39, 0.29) is 5.97 Å². The molecule has 0 aromatic heterocycles. The molecule has 0 spiro atoms. The lowest BCUT2D eigenvalue weighted by atomic mass is 10.1. The quantitative estimate of drug-likeness (QED) is 0.740. The molecule has 1 aromatic rings. The Hall–Kier alpha value is -1.71. The van der Waals surface area contributed by atoms with Crippen LogP contribution in [0.5, 0.6) is 11.5 Å². The molecule has 0 atom stereocenters. The molecule has 0 unspecified atom stereocenters. The van der Waals surface area contributed by atoms with E-state index < -0.39 is 5.60 Å². The fourth-order valence-corrected chi connectivity index (χ4v) is 1.45. The Kier molecular flexibility index (Phi) is 5.21. The van der Waals surface area contributed by atoms with Gasteiger partial charge in [0.1, 0.15) is 5.60 Å². The predicted octanol–water partition coefficient (Wildman–Crippen LogP) is 3.44. The van der Waals surface area contributed by atoms with Crippen LogP contribution in [0.4, 0.5) is 0 Å². The van der Waals surface area contributed by atoms with Crippen molar-refractivity contribution in [2.75, 3.05) is 13.7 Å². The first kappa shape index (κ1) is 15.3. The zero-order valence-electron chi connectivity index (χ0n) is 12.3. The molecule has 0 N–H and O–H groups in total. The van der Waals surface area contributed by atoms with Crippen LogP contribution in [0, 0.1) is 0 Å². The van der Waals surface area contributed by atoms with Crippen LogP contribution in [-0.4, -0.2) is 25.3 Å². The summed E-state index contributed by atoms with van der Waals surface area (Å²) < 4.78 is 16.1. The van der Waals surface area contributed by atoms with Gasteiger partial charge in [-0.1, -0.05) is 6.92 Å². The van der Waals surface area contributed by atoms with E-state index in [9.17, 15) is 4.79 Å². The van der Waals surface area contributed by atoms with Gasteiger partial charge in [-0.3, -0.25) is 0 Å². The van der Waals surface area contributed by atoms with E-state index in [1.165, 1.54) is 0 Å². The van der Waals surface area contributed by atoms with Crippen LogP contribution in [0.1, 0.15) is 44.5 Å². The van der Waals surface area contributed by atoms with Gasteiger partial charge < -0.3 is 14.2 Å². The number of ether oxygens (including phenoxy) is 3. The molecule has 0 saturated heterocycles. The van der Waals surface area contributed by atoms with Crippen molar-refractivity contribution < 1.29 is 19.0 Å².